The van der Waals surface area contributed by atoms with Gasteiger partial charge in [0.2, 0.25) is 5.95 Å². The Morgan fingerprint density at radius 2 is 1.32 bits per heavy atom. The quantitative estimate of drug-likeness (QED) is 0.885. The first-order chi connectivity index (χ1) is 9.22. The lowest BCUT2D eigenvalue weighted by atomic mass is 9.82. The second-order valence-electron chi connectivity index (χ2n) is 6.35. The normalized spacial score (nSPS) is 28.7. The van der Waals surface area contributed by atoms with E-state index in [1.54, 1.807) is 0 Å². The van der Waals surface area contributed by atoms with E-state index in [0.717, 1.165) is 17.6 Å². The predicted octanol–water partition coefficient (Wildman–Crippen LogP) is 3.41. The van der Waals surface area contributed by atoms with Gasteiger partial charge in [-0.05, 0) is 31.6 Å². The molecule has 4 heteroatoms. The highest BCUT2D eigenvalue weighted by Gasteiger charge is 2.25. The number of nitrogens with two attached hydrogens (primary N) is 1. The third-order valence-corrected chi connectivity index (χ3v) is 4.79. The molecule has 2 fully saturated rings. The van der Waals surface area contributed by atoms with E-state index in [9.17, 15) is 0 Å². The van der Waals surface area contributed by atoms with Gasteiger partial charge in [0.1, 0.15) is 11.6 Å². The summed E-state index contributed by atoms with van der Waals surface area (Å²) in [7, 11) is 0. The summed E-state index contributed by atoms with van der Waals surface area (Å²) in [6.07, 6.45) is 10.0. The molecule has 2 aliphatic rings. The molecular formula is C15H24N4. The van der Waals surface area contributed by atoms with E-state index >= 15 is 0 Å². The Hall–Kier alpha value is -1.19. The van der Waals surface area contributed by atoms with Crippen molar-refractivity contribution < 1.29 is 0 Å². The fourth-order valence-electron chi connectivity index (χ4n) is 3.49. The first kappa shape index (κ1) is 12.8. The maximum absolute atomic E-state index is 5.90. The van der Waals surface area contributed by atoms with Crippen molar-refractivity contribution in [2.75, 3.05) is 5.73 Å². The second kappa shape index (κ2) is 5.43. The summed E-state index contributed by atoms with van der Waals surface area (Å²) < 4.78 is 0. The van der Waals surface area contributed by atoms with Gasteiger partial charge in [-0.2, -0.15) is 9.97 Å². The van der Waals surface area contributed by atoms with Crippen LogP contribution in [0.2, 0.25) is 0 Å². The number of nitrogen functional groups attached to an aromatic ring is 1. The Labute approximate surface area is 115 Å². The Kier molecular flexibility index (Phi) is 3.67. The van der Waals surface area contributed by atoms with Crippen LogP contribution < -0.4 is 5.73 Å². The SMILES string of the molecule is CC1CCC(c2nc(N)nc(C3CCCC3)n2)CC1. The molecule has 0 aromatic carbocycles. The van der Waals surface area contributed by atoms with Crippen molar-refractivity contribution in [2.24, 2.45) is 5.92 Å². The largest absolute Gasteiger partial charge is 0.368 e. The maximum Gasteiger partial charge on any atom is 0.223 e. The molecule has 0 bridgehead atoms. The van der Waals surface area contributed by atoms with E-state index in [1.807, 2.05) is 0 Å². The van der Waals surface area contributed by atoms with Crippen LogP contribution in [0.15, 0.2) is 0 Å². The average Bonchev–Trinajstić information content (AvgIpc) is 2.93. The molecule has 104 valence electrons. The zero-order valence-corrected chi connectivity index (χ0v) is 11.8. The van der Waals surface area contributed by atoms with Gasteiger partial charge in [-0.3, -0.25) is 0 Å². The third kappa shape index (κ3) is 2.88. The molecular weight excluding hydrogens is 236 g/mol. The van der Waals surface area contributed by atoms with Crippen molar-refractivity contribution in [2.45, 2.75) is 70.1 Å². The molecule has 1 aromatic rings. The Morgan fingerprint density at radius 3 is 1.89 bits per heavy atom. The zero-order valence-electron chi connectivity index (χ0n) is 11.8. The van der Waals surface area contributed by atoms with E-state index in [-0.39, 0.29) is 0 Å². The number of anilines is 1. The van der Waals surface area contributed by atoms with Gasteiger partial charge in [-0.15, -0.1) is 0 Å². The molecule has 1 heterocycles. The monoisotopic (exact) mass is 260 g/mol. The van der Waals surface area contributed by atoms with E-state index in [0.29, 0.717) is 17.8 Å². The topological polar surface area (TPSA) is 64.7 Å². The predicted molar refractivity (Wildman–Crippen MR) is 75.8 cm³/mol. The molecule has 0 saturated heterocycles. The molecule has 0 spiro atoms. The Morgan fingerprint density at radius 1 is 0.789 bits per heavy atom. The van der Waals surface area contributed by atoms with Crippen LogP contribution >= 0.6 is 0 Å². The minimum atomic E-state index is 0.422. The fourth-order valence-corrected chi connectivity index (χ4v) is 3.49. The van der Waals surface area contributed by atoms with Crippen molar-refractivity contribution >= 4 is 5.95 Å². The lowest BCUT2D eigenvalue weighted by Crippen LogP contribution is -2.17. The van der Waals surface area contributed by atoms with Crippen molar-refractivity contribution in [1.29, 1.82) is 0 Å². The summed E-state index contributed by atoms with van der Waals surface area (Å²) >= 11 is 0. The second-order valence-corrected chi connectivity index (χ2v) is 6.35. The fraction of sp³-hybridized carbons (Fsp3) is 0.800. The van der Waals surface area contributed by atoms with Crippen LogP contribution in [0.4, 0.5) is 5.95 Å². The number of hydrogen-bond donors (Lipinski definition) is 1. The van der Waals surface area contributed by atoms with Gasteiger partial charge in [0.05, 0.1) is 0 Å². The van der Waals surface area contributed by atoms with E-state index < -0.39 is 0 Å². The van der Waals surface area contributed by atoms with Crippen LogP contribution in [0.25, 0.3) is 0 Å². The number of nitrogens with zero attached hydrogens (tertiary/aromatic N) is 3. The number of hydrogen-bond acceptors (Lipinski definition) is 4. The number of aromatic nitrogens is 3. The number of rotatable bonds is 2. The summed E-state index contributed by atoms with van der Waals surface area (Å²) in [5.41, 5.74) is 5.90. The van der Waals surface area contributed by atoms with E-state index in [1.165, 1.54) is 51.4 Å². The Bertz CT molecular complexity index is 432. The highest BCUT2D eigenvalue weighted by atomic mass is 15.1. The van der Waals surface area contributed by atoms with Crippen molar-refractivity contribution in [3.63, 3.8) is 0 Å². The lowest BCUT2D eigenvalue weighted by molar-refractivity contribution is 0.338. The van der Waals surface area contributed by atoms with E-state index in [4.69, 9.17) is 10.7 Å². The standard InChI is InChI=1S/C15H24N4/c1-10-6-8-12(9-7-10)14-17-13(18-15(16)19-14)11-4-2-3-5-11/h10-12H,2-9H2,1H3,(H2,16,17,18,19). The molecule has 0 aliphatic heterocycles. The van der Waals surface area contributed by atoms with Gasteiger partial charge in [0.25, 0.3) is 0 Å². The van der Waals surface area contributed by atoms with Gasteiger partial charge in [-0.25, -0.2) is 4.98 Å². The Balaban J connectivity index is 1.80. The molecule has 2 saturated carbocycles. The molecule has 0 unspecified atom stereocenters. The van der Waals surface area contributed by atoms with Crippen LogP contribution in [0, 0.1) is 5.92 Å². The summed E-state index contributed by atoms with van der Waals surface area (Å²) in [5, 5.41) is 0. The molecule has 0 atom stereocenters. The van der Waals surface area contributed by atoms with Crippen LogP contribution in [-0.4, -0.2) is 15.0 Å². The summed E-state index contributed by atoms with van der Waals surface area (Å²) in [6, 6.07) is 0. The molecule has 0 radical (unpaired) electrons. The minimum absolute atomic E-state index is 0.422. The molecule has 1 aromatic heterocycles. The first-order valence-electron chi connectivity index (χ1n) is 7.73. The maximum atomic E-state index is 5.90. The van der Waals surface area contributed by atoms with Gasteiger partial charge < -0.3 is 5.73 Å². The summed E-state index contributed by atoms with van der Waals surface area (Å²) in [6.45, 7) is 2.34. The van der Waals surface area contributed by atoms with Crippen LogP contribution in [0.1, 0.15) is 81.8 Å². The van der Waals surface area contributed by atoms with Gasteiger partial charge >= 0.3 is 0 Å². The molecule has 2 N–H and O–H groups in total. The van der Waals surface area contributed by atoms with Crippen molar-refractivity contribution in [1.82, 2.24) is 15.0 Å². The third-order valence-electron chi connectivity index (χ3n) is 4.79. The van der Waals surface area contributed by atoms with Crippen molar-refractivity contribution in [3.05, 3.63) is 11.6 Å². The molecule has 3 rings (SSSR count). The van der Waals surface area contributed by atoms with Crippen molar-refractivity contribution in [3.8, 4) is 0 Å². The lowest BCUT2D eigenvalue weighted by Gasteiger charge is -2.25. The molecule has 2 aliphatic carbocycles. The van der Waals surface area contributed by atoms with E-state index in [2.05, 4.69) is 16.9 Å². The summed E-state index contributed by atoms with van der Waals surface area (Å²) in [5.74, 6) is 4.21. The van der Waals surface area contributed by atoms with Crippen LogP contribution in [-0.2, 0) is 0 Å². The minimum Gasteiger partial charge on any atom is -0.368 e. The molecule has 19 heavy (non-hydrogen) atoms. The first-order valence-corrected chi connectivity index (χ1v) is 7.73. The highest BCUT2D eigenvalue weighted by molar-refractivity contribution is 5.19. The van der Waals surface area contributed by atoms with Gasteiger partial charge in [-0.1, -0.05) is 32.6 Å². The summed E-state index contributed by atoms with van der Waals surface area (Å²) in [4.78, 5) is 13.6. The average molecular weight is 260 g/mol. The zero-order chi connectivity index (χ0) is 13.2. The molecule has 0 amide bonds. The van der Waals surface area contributed by atoms with Gasteiger partial charge in [0, 0.05) is 11.8 Å². The highest BCUT2D eigenvalue weighted by Crippen LogP contribution is 2.36. The van der Waals surface area contributed by atoms with Crippen LogP contribution in [0.5, 0.6) is 0 Å². The smallest absolute Gasteiger partial charge is 0.223 e. The van der Waals surface area contributed by atoms with Crippen LogP contribution in [0.3, 0.4) is 0 Å². The van der Waals surface area contributed by atoms with Gasteiger partial charge in [0.15, 0.2) is 0 Å². The molecule has 4 nitrogen and oxygen atoms in total.